The van der Waals surface area contributed by atoms with Crippen LogP contribution in [0.1, 0.15) is 38.7 Å². The summed E-state index contributed by atoms with van der Waals surface area (Å²) in [7, 11) is 0. The van der Waals surface area contributed by atoms with Gasteiger partial charge in [-0.15, -0.1) is 0 Å². The summed E-state index contributed by atoms with van der Waals surface area (Å²) in [5.74, 6) is 0.672. The fourth-order valence-corrected chi connectivity index (χ4v) is 3.32. The molecule has 2 heteroatoms. The SMILES string of the molecule is Cc1ccc(C)c(/C=C2/C(=O)c3ccccc3O[C@@H]2c2ccccc2)c1. The fourth-order valence-electron chi connectivity index (χ4n) is 3.32. The molecule has 26 heavy (non-hydrogen) atoms. The molecule has 4 rings (SSSR count). The summed E-state index contributed by atoms with van der Waals surface area (Å²) >= 11 is 0. The van der Waals surface area contributed by atoms with Crippen molar-refractivity contribution in [3.05, 3.63) is 106 Å². The molecule has 0 aliphatic carbocycles. The van der Waals surface area contributed by atoms with Gasteiger partial charge in [0.1, 0.15) is 5.75 Å². The first-order chi connectivity index (χ1) is 12.6. The predicted molar refractivity (Wildman–Crippen MR) is 104 cm³/mol. The second-order valence-electron chi connectivity index (χ2n) is 6.69. The van der Waals surface area contributed by atoms with Crippen LogP contribution in [-0.4, -0.2) is 5.78 Å². The molecule has 1 aliphatic rings. The highest BCUT2D eigenvalue weighted by Crippen LogP contribution is 2.39. The van der Waals surface area contributed by atoms with Crippen molar-refractivity contribution in [2.75, 3.05) is 0 Å². The summed E-state index contributed by atoms with van der Waals surface area (Å²) < 4.78 is 6.25. The third-order valence-electron chi connectivity index (χ3n) is 4.77. The number of para-hydroxylation sites is 1. The van der Waals surface area contributed by atoms with Crippen molar-refractivity contribution < 1.29 is 9.53 Å². The van der Waals surface area contributed by atoms with Gasteiger partial charge >= 0.3 is 0 Å². The monoisotopic (exact) mass is 340 g/mol. The molecule has 1 atom stereocenters. The van der Waals surface area contributed by atoms with Crippen LogP contribution in [0.25, 0.3) is 6.08 Å². The molecule has 0 saturated carbocycles. The first kappa shape index (κ1) is 16.3. The largest absolute Gasteiger partial charge is 0.480 e. The second-order valence-corrected chi connectivity index (χ2v) is 6.69. The van der Waals surface area contributed by atoms with Crippen LogP contribution in [0.5, 0.6) is 5.75 Å². The number of ketones is 1. The lowest BCUT2D eigenvalue weighted by atomic mass is 9.89. The van der Waals surface area contributed by atoms with E-state index in [2.05, 4.69) is 32.0 Å². The smallest absolute Gasteiger partial charge is 0.196 e. The summed E-state index contributed by atoms with van der Waals surface area (Å²) in [6.07, 6.45) is 1.58. The quantitative estimate of drug-likeness (QED) is 0.559. The molecule has 2 nitrogen and oxygen atoms in total. The summed E-state index contributed by atoms with van der Waals surface area (Å²) in [4.78, 5) is 13.3. The maximum absolute atomic E-state index is 13.3. The molecular weight excluding hydrogens is 320 g/mol. The Kier molecular flexibility index (Phi) is 4.18. The minimum Gasteiger partial charge on any atom is -0.480 e. The number of hydrogen-bond acceptors (Lipinski definition) is 2. The van der Waals surface area contributed by atoms with Crippen LogP contribution < -0.4 is 4.74 Å². The lowest BCUT2D eigenvalue weighted by Crippen LogP contribution is -2.23. The van der Waals surface area contributed by atoms with E-state index in [9.17, 15) is 4.79 Å². The number of carbonyl (C=O) groups excluding carboxylic acids is 1. The van der Waals surface area contributed by atoms with E-state index in [0.717, 1.165) is 16.7 Å². The van der Waals surface area contributed by atoms with Gasteiger partial charge in [-0.2, -0.15) is 0 Å². The van der Waals surface area contributed by atoms with E-state index in [4.69, 9.17) is 4.74 Å². The Bertz CT molecular complexity index is 1000. The maximum atomic E-state index is 13.3. The Balaban J connectivity index is 1.89. The number of ether oxygens (including phenoxy) is 1. The van der Waals surface area contributed by atoms with Crippen LogP contribution in [-0.2, 0) is 0 Å². The zero-order valence-corrected chi connectivity index (χ0v) is 14.9. The van der Waals surface area contributed by atoms with Gasteiger partial charge in [0.25, 0.3) is 0 Å². The molecule has 128 valence electrons. The molecule has 1 heterocycles. The number of benzene rings is 3. The van der Waals surface area contributed by atoms with Gasteiger partial charge in [-0.1, -0.05) is 66.2 Å². The van der Waals surface area contributed by atoms with Crippen molar-refractivity contribution in [3.8, 4) is 5.75 Å². The molecule has 3 aromatic rings. The molecule has 0 bridgehead atoms. The van der Waals surface area contributed by atoms with Gasteiger partial charge in [-0.25, -0.2) is 0 Å². The van der Waals surface area contributed by atoms with Crippen LogP contribution in [0.4, 0.5) is 0 Å². The van der Waals surface area contributed by atoms with Crippen molar-refractivity contribution in [1.29, 1.82) is 0 Å². The van der Waals surface area contributed by atoms with E-state index in [0.29, 0.717) is 16.9 Å². The highest BCUT2D eigenvalue weighted by atomic mass is 16.5. The number of Topliss-reactive ketones (excluding diaryl/α,β-unsaturated/α-hetero) is 1. The van der Waals surface area contributed by atoms with E-state index < -0.39 is 6.10 Å². The lowest BCUT2D eigenvalue weighted by Gasteiger charge is -2.28. The van der Waals surface area contributed by atoms with Crippen LogP contribution in [0.15, 0.2) is 78.4 Å². The molecule has 0 N–H and O–H groups in total. The van der Waals surface area contributed by atoms with Gasteiger partial charge in [0.05, 0.1) is 5.56 Å². The molecule has 0 amide bonds. The minimum atomic E-state index is -0.404. The first-order valence-electron chi connectivity index (χ1n) is 8.77. The first-order valence-corrected chi connectivity index (χ1v) is 8.77. The Hall–Kier alpha value is -3.13. The Labute approximate surface area is 153 Å². The van der Waals surface area contributed by atoms with Crippen molar-refractivity contribution in [2.45, 2.75) is 20.0 Å². The number of fused-ring (bicyclic) bond motifs is 1. The standard InChI is InChI=1S/C24H20O2/c1-16-12-13-17(2)19(14-16)15-21-23(25)20-10-6-7-11-22(20)26-24(21)18-8-4-3-5-9-18/h3-15,24H,1-2H3/b21-15-/t24-/m1/s1. The van der Waals surface area contributed by atoms with Crippen molar-refractivity contribution >= 4 is 11.9 Å². The zero-order chi connectivity index (χ0) is 18.1. The van der Waals surface area contributed by atoms with E-state index in [1.807, 2.05) is 60.7 Å². The summed E-state index contributed by atoms with van der Waals surface area (Å²) in [5, 5.41) is 0. The number of rotatable bonds is 2. The number of hydrogen-bond donors (Lipinski definition) is 0. The number of carbonyl (C=O) groups is 1. The van der Waals surface area contributed by atoms with Gasteiger partial charge in [0.2, 0.25) is 0 Å². The summed E-state index contributed by atoms with van der Waals surface area (Å²) in [5.41, 5.74) is 5.63. The average Bonchev–Trinajstić information content (AvgIpc) is 2.67. The van der Waals surface area contributed by atoms with E-state index in [-0.39, 0.29) is 5.78 Å². The van der Waals surface area contributed by atoms with Gasteiger partial charge in [0.15, 0.2) is 11.9 Å². The lowest BCUT2D eigenvalue weighted by molar-refractivity contribution is 0.0963. The van der Waals surface area contributed by atoms with E-state index >= 15 is 0 Å². The topological polar surface area (TPSA) is 26.3 Å². The third kappa shape index (κ3) is 2.95. The highest BCUT2D eigenvalue weighted by Gasteiger charge is 2.32. The molecular formula is C24H20O2. The molecule has 1 aliphatic heterocycles. The normalized spacial score (nSPS) is 17.7. The van der Waals surface area contributed by atoms with E-state index in [1.54, 1.807) is 0 Å². The molecule has 0 fully saturated rings. The molecule has 0 spiro atoms. The molecule has 0 saturated heterocycles. The predicted octanol–water partition coefficient (Wildman–Crippen LogP) is 5.70. The second kappa shape index (κ2) is 6.64. The van der Waals surface area contributed by atoms with Gasteiger partial charge < -0.3 is 4.74 Å². The van der Waals surface area contributed by atoms with Crippen LogP contribution >= 0.6 is 0 Å². The molecule has 0 radical (unpaired) electrons. The summed E-state index contributed by atoms with van der Waals surface area (Å²) in [6, 6.07) is 23.7. The average molecular weight is 340 g/mol. The Morgan fingerprint density at radius 2 is 1.62 bits per heavy atom. The maximum Gasteiger partial charge on any atom is 0.196 e. The van der Waals surface area contributed by atoms with Gasteiger partial charge in [-0.05, 0) is 48.7 Å². The van der Waals surface area contributed by atoms with Crippen molar-refractivity contribution in [3.63, 3.8) is 0 Å². The van der Waals surface area contributed by atoms with Crippen LogP contribution in [0.2, 0.25) is 0 Å². The van der Waals surface area contributed by atoms with Gasteiger partial charge in [0, 0.05) is 5.57 Å². The zero-order valence-electron chi connectivity index (χ0n) is 14.9. The molecule has 0 aromatic heterocycles. The van der Waals surface area contributed by atoms with Gasteiger partial charge in [-0.3, -0.25) is 4.79 Å². The Morgan fingerprint density at radius 1 is 0.885 bits per heavy atom. The Morgan fingerprint density at radius 3 is 2.42 bits per heavy atom. The fraction of sp³-hybridized carbons (Fsp3) is 0.125. The minimum absolute atomic E-state index is 0.0293. The third-order valence-corrected chi connectivity index (χ3v) is 4.77. The number of aryl methyl sites for hydroxylation is 2. The molecule has 3 aromatic carbocycles. The van der Waals surface area contributed by atoms with E-state index in [1.165, 1.54) is 5.56 Å². The van der Waals surface area contributed by atoms with Crippen molar-refractivity contribution in [2.24, 2.45) is 0 Å². The van der Waals surface area contributed by atoms with Crippen molar-refractivity contribution in [1.82, 2.24) is 0 Å². The highest BCUT2D eigenvalue weighted by molar-refractivity contribution is 6.14. The molecule has 0 unspecified atom stereocenters. The van der Waals surface area contributed by atoms with Crippen LogP contribution in [0.3, 0.4) is 0 Å². The van der Waals surface area contributed by atoms with Crippen LogP contribution in [0, 0.1) is 13.8 Å². The summed E-state index contributed by atoms with van der Waals surface area (Å²) in [6.45, 7) is 4.12.